The Morgan fingerprint density at radius 1 is 1.12 bits per heavy atom. The number of methoxy groups -OCH3 is 1. The summed E-state index contributed by atoms with van der Waals surface area (Å²) in [5.74, 6) is -0.347. The predicted octanol–water partition coefficient (Wildman–Crippen LogP) is 2.44. The van der Waals surface area contributed by atoms with Crippen LogP contribution in [0.15, 0.2) is 18.2 Å². The number of carbonyl (C=O) groups excluding carboxylic acids is 2. The lowest BCUT2D eigenvalue weighted by atomic mass is 9.97. The van der Waals surface area contributed by atoms with Crippen molar-refractivity contribution in [3.8, 4) is 0 Å². The summed E-state index contributed by atoms with van der Waals surface area (Å²) < 4.78 is 4.51. The van der Waals surface area contributed by atoms with Crippen LogP contribution in [0.2, 0.25) is 0 Å². The smallest absolute Gasteiger partial charge is 0.305 e. The molecule has 0 atom stereocenters. The summed E-state index contributed by atoms with van der Waals surface area (Å²) in [6, 6.07) is 5.72. The molecule has 1 aromatic carbocycles. The number of Topliss-reactive ketones (excluding diaryl/α,β-unsaturated/α-hetero) is 1. The molecule has 0 saturated carbocycles. The van der Waals surface area contributed by atoms with Gasteiger partial charge in [0.05, 0.1) is 13.5 Å². The zero-order valence-electron chi connectivity index (χ0n) is 9.87. The van der Waals surface area contributed by atoms with Crippen molar-refractivity contribution in [1.82, 2.24) is 0 Å². The minimum absolute atomic E-state index is 0.000926. The van der Waals surface area contributed by atoms with Crippen LogP contribution in [0, 0.1) is 13.8 Å². The summed E-state index contributed by atoms with van der Waals surface area (Å²) in [5.41, 5.74) is 2.64. The minimum atomic E-state index is -0.348. The molecule has 3 nitrogen and oxygen atoms in total. The van der Waals surface area contributed by atoms with E-state index >= 15 is 0 Å². The first-order valence-electron chi connectivity index (χ1n) is 5.22. The molecule has 0 bridgehead atoms. The molecule has 0 N–H and O–H groups in total. The molecule has 86 valence electrons. The van der Waals surface area contributed by atoms with E-state index in [1.807, 2.05) is 32.0 Å². The monoisotopic (exact) mass is 220 g/mol. The van der Waals surface area contributed by atoms with Gasteiger partial charge in [-0.1, -0.05) is 18.2 Å². The maximum atomic E-state index is 11.9. The van der Waals surface area contributed by atoms with E-state index in [9.17, 15) is 9.59 Å². The van der Waals surface area contributed by atoms with Crippen LogP contribution in [0.25, 0.3) is 0 Å². The SMILES string of the molecule is COC(=O)CCC(=O)c1c(C)cccc1C. The zero-order valence-corrected chi connectivity index (χ0v) is 9.87. The average molecular weight is 220 g/mol. The van der Waals surface area contributed by atoms with E-state index in [-0.39, 0.29) is 24.6 Å². The number of benzene rings is 1. The van der Waals surface area contributed by atoms with Gasteiger partial charge in [-0.25, -0.2) is 0 Å². The molecule has 1 rings (SSSR count). The Balaban J connectivity index is 2.77. The second kappa shape index (κ2) is 5.45. The number of carbonyl (C=O) groups is 2. The number of hydrogen-bond acceptors (Lipinski definition) is 3. The van der Waals surface area contributed by atoms with Crippen molar-refractivity contribution in [1.29, 1.82) is 0 Å². The number of aryl methyl sites for hydroxylation is 2. The van der Waals surface area contributed by atoms with Crippen molar-refractivity contribution < 1.29 is 14.3 Å². The van der Waals surface area contributed by atoms with Crippen molar-refractivity contribution in [3.63, 3.8) is 0 Å². The van der Waals surface area contributed by atoms with E-state index in [1.165, 1.54) is 7.11 Å². The Kier molecular flexibility index (Phi) is 4.23. The first-order chi connectivity index (χ1) is 7.56. The zero-order chi connectivity index (χ0) is 12.1. The summed E-state index contributed by atoms with van der Waals surface area (Å²) in [6.45, 7) is 3.80. The van der Waals surface area contributed by atoms with Crippen LogP contribution in [0.5, 0.6) is 0 Å². The van der Waals surface area contributed by atoms with E-state index < -0.39 is 0 Å². The van der Waals surface area contributed by atoms with Crippen molar-refractivity contribution in [2.75, 3.05) is 7.11 Å². The molecule has 0 aliphatic carbocycles. The Morgan fingerprint density at radius 2 is 1.69 bits per heavy atom. The van der Waals surface area contributed by atoms with Gasteiger partial charge in [-0.3, -0.25) is 9.59 Å². The molecule has 0 saturated heterocycles. The topological polar surface area (TPSA) is 43.4 Å². The van der Waals surface area contributed by atoms with Crippen molar-refractivity contribution >= 4 is 11.8 Å². The molecule has 0 unspecified atom stereocenters. The summed E-state index contributed by atoms with van der Waals surface area (Å²) in [4.78, 5) is 22.8. The fourth-order valence-electron chi connectivity index (χ4n) is 1.70. The van der Waals surface area contributed by atoms with Gasteiger partial charge in [0.2, 0.25) is 0 Å². The molecular formula is C13H16O3. The van der Waals surface area contributed by atoms with Gasteiger partial charge in [0.25, 0.3) is 0 Å². The predicted molar refractivity (Wildman–Crippen MR) is 61.5 cm³/mol. The average Bonchev–Trinajstić information content (AvgIpc) is 2.25. The summed E-state index contributed by atoms with van der Waals surface area (Å²) in [6.07, 6.45) is 0.349. The van der Waals surface area contributed by atoms with Crippen LogP contribution in [-0.4, -0.2) is 18.9 Å². The minimum Gasteiger partial charge on any atom is -0.469 e. The molecule has 0 amide bonds. The van der Waals surface area contributed by atoms with Gasteiger partial charge in [0.1, 0.15) is 0 Å². The Hall–Kier alpha value is -1.64. The van der Waals surface area contributed by atoms with Gasteiger partial charge in [-0.05, 0) is 25.0 Å². The first kappa shape index (κ1) is 12.4. The highest BCUT2D eigenvalue weighted by molar-refractivity contribution is 6.00. The number of hydrogen-bond donors (Lipinski definition) is 0. The van der Waals surface area contributed by atoms with Crippen LogP contribution in [0.3, 0.4) is 0 Å². The van der Waals surface area contributed by atoms with E-state index in [4.69, 9.17) is 0 Å². The van der Waals surface area contributed by atoms with Gasteiger partial charge in [0.15, 0.2) is 5.78 Å². The lowest BCUT2D eigenvalue weighted by Gasteiger charge is -2.07. The fourth-order valence-corrected chi connectivity index (χ4v) is 1.70. The van der Waals surface area contributed by atoms with Crippen LogP contribution < -0.4 is 0 Å². The maximum Gasteiger partial charge on any atom is 0.305 e. The molecule has 0 heterocycles. The lowest BCUT2D eigenvalue weighted by Crippen LogP contribution is -2.08. The van der Waals surface area contributed by atoms with Crippen LogP contribution in [0.4, 0.5) is 0 Å². The molecule has 16 heavy (non-hydrogen) atoms. The third kappa shape index (κ3) is 2.92. The van der Waals surface area contributed by atoms with Gasteiger partial charge in [0, 0.05) is 12.0 Å². The molecule has 0 fully saturated rings. The number of rotatable bonds is 4. The summed E-state index contributed by atoms with van der Waals surface area (Å²) in [5, 5.41) is 0. The van der Waals surface area contributed by atoms with Crippen molar-refractivity contribution in [2.45, 2.75) is 26.7 Å². The molecule has 0 aromatic heterocycles. The number of ketones is 1. The Bertz CT molecular complexity index is 387. The van der Waals surface area contributed by atoms with E-state index in [1.54, 1.807) is 0 Å². The van der Waals surface area contributed by atoms with Gasteiger partial charge in [-0.15, -0.1) is 0 Å². The number of esters is 1. The highest BCUT2D eigenvalue weighted by atomic mass is 16.5. The van der Waals surface area contributed by atoms with Crippen molar-refractivity contribution in [2.24, 2.45) is 0 Å². The quantitative estimate of drug-likeness (QED) is 0.578. The molecule has 1 aromatic rings. The van der Waals surface area contributed by atoms with Gasteiger partial charge >= 0.3 is 5.97 Å². The van der Waals surface area contributed by atoms with E-state index in [2.05, 4.69) is 4.74 Å². The Labute approximate surface area is 95.4 Å². The standard InChI is InChI=1S/C13H16O3/c1-9-5-4-6-10(2)13(9)11(14)7-8-12(15)16-3/h4-6H,7-8H2,1-3H3. The van der Waals surface area contributed by atoms with Gasteiger partial charge in [-0.2, -0.15) is 0 Å². The van der Waals surface area contributed by atoms with Crippen LogP contribution in [-0.2, 0) is 9.53 Å². The largest absolute Gasteiger partial charge is 0.469 e. The molecule has 0 aliphatic rings. The Morgan fingerprint density at radius 3 is 2.19 bits per heavy atom. The van der Waals surface area contributed by atoms with Crippen LogP contribution >= 0.6 is 0 Å². The second-order valence-electron chi connectivity index (χ2n) is 3.77. The van der Waals surface area contributed by atoms with Crippen LogP contribution in [0.1, 0.15) is 34.3 Å². The second-order valence-corrected chi connectivity index (χ2v) is 3.77. The highest BCUT2D eigenvalue weighted by Gasteiger charge is 2.13. The molecule has 0 spiro atoms. The molecular weight excluding hydrogens is 204 g/mol. The van der Waals surface area contributed by atoms with E-state index in [0.717, 1.165) is 16.7 Å². The fraction of sp³-hybridized carbons (Fsp3) is 0.385. The molecule has 0 radical (unpaired) electrons. The first-order valence-corrected chi connectivity index (χ1v) is 5.22. The van der Waals surface area contributed by atoms with Gasteiger partial charge < -0.3 is 4.74 Å². The summed E-state index contributed by atoms with van der Waals surface area (Å²) in [7, 11) is 1.33. The maximum absolute atomic E-state index is 11.9. The van der Waals surface area contributed by atoms with E-state index in [0.29, 0.717) is 0 Å². The normalized spacial score (nSPS) is 9.94. The molecule has 3 heteroatoms. The molecule has 0 aliphatic heterocycles. The number of ether oxygens (including phenoxy) is 1. The summed E-state index contributed by atoms with van der Waals surface area (Å²) >= 11 is 0. The third-order valence-corrected chi connectivity index (χ3v) is 2.54. The lowest BCUT2D eigenvalue weighted by molar-refractivity contribution is -0.140. The van der Waals surface area contributed by atoms with Crippen molar-refractivity contribution in [3.05, 3.63) is 34.9 Å². The third-order valence-electron chi connectivity index (χ3n) is 2.54. The highest BCUT2D eigenvalue weighted by Crippen LogP contribution is 2.16.